The fraction of sp³-hybridized carbons (Fsp3) is 0.231. The highest BCUT2D eigenvalue weighted by atomic mass is 35.5. The Bertz CT molecular complexity index is 1260. The van der Waals surface area contributed by atoms with E-state index < -0.39 is 22.5 Å². The van der Waals surface area contributed by atoms with Crippen LogP contribution >= 0.6 is 11.6 Å². The van der Waals surface area contributed by atoms with Crippen LogP contribution in [0.2, 0.25) is 5.02 Å². The van der Waals surface area contributed by atoms with E-state index in [-0.39, 0.29) is 21.0 Å². The Hall–Kier alpha value is -3.16. The van der Waals surface area contributed by atoms with Gasteiger partial charge in [-0.2, -0.15) is 5.10 Å². The van der Waals surface area contributed by atoms with E-state index in [9.17, 15) is 13.2 Å². The van der Waals surface area contributed by atoms with Gasteiger partial charge in [-0.3, -0.25) is 9.10 Å². The molecular weight excluding hydrogens is 470 g/mol. The molecule has 0 aliphatic carbocycles. The van der Waals surface area contributed by atoms with Crippen LogP contribution in [0, 0.1) is 0 Å². The SMILES string of the molecule is C/C(CC(C)(C)c1ccccc1)=N/NC(=O)CN(c1ccccc1Cl)S(=O)(=O)c1ccccc1. The van der Waals surface area contributed by atoms with Crippen molar-refractivity contribution in [2.45, 2.75) is 37.5 Å². The molecular formula is C26H28ClN3O3S. The molecule has 0 atom stereocenters. The van der Waals surface area contributed by atoms with Crippen LogP contribution in [0.5, 0.6) is 0 Å². The average Bonchev–Trinajstić information content (AvgIpc) is 2.82. The molecule has 0 heterocycles. The second-order valence-electron chi connectivity index (χ2n) is 8.58. The molecule has 3 aromatic rings. The fourth-order valence-electron chi connectivity index (χ4n) is 3.67. The third kappa shape index (κ3) is 6.24. The topological polar surface area (TPSA) is 78.8 Å². The number of halogens is 1. The zero-order chi connectivity index (χ0) is 24.8. The summed E-state index contributed by atoms with van der Waals surface area (Å²) in [5.41, 5.74) is 4.42. The minimum Gasteiger partial charge on any atom is -0.271 e. The van der Waals surface area contributed by atoms with Crippen LogP contribution < -0.4 is 9.73 Å². The largest absolute Gasteiger partial charge is 0.271 e. The minimum atomic E-state index is -4.04. The van der Waals surface area contributed by atoms with E-state index in [0.717, 1.165) is 15.6 Å². The number of sulfonamides is 1. The van der Waals surface area contributed by atoms with Crippen LogP contribution in [0.1, 0.15) is 32.8 Å². The third-order valence-corrected chi connectivity index (χ3v) is 7.46. The number of hydrazone groups is 1. The van der Waals surface area contributed by atoms with Crippen LogP contribution in [0.15, 0.2) is 94.9 Å². The quantitative estimate of drug-likeness (QED) is 0.318. The summed E-state index contributed by atoms with van der Waals surface area (Å²) < 4.78 is 27.7. The minimum absolute atomic E-state index is 0.0620. The first-order chi connectivity index (χ1) is 16.1. The van der Waals surface area contributed by atoms with Crippen LogP contribution in [-0.2, 0) is 20.2 Å². The van der Waals surface area contributed by atoms with E-state index in [0.29, 0.717) is 6.42 Å². The smallest absolute Gasteiger partial charge is 0.264 e. The number of nitrogens with zero attached hydrogens (tertiary/aromatic N) is 2. The maximum absolute atomic E-state index is 13.4. The molecule has 3 aromatic carbocycles. The molecule has 1 N–H and O–H groups in total. The van der Waals surface area contributed by atoms with Crippen molar-refractivity contribution in [2.75, 3.05) is 10.8 Å². The molecule has 0 fully saturated rings. The van der Waals surface area contributed by atoms with E-state index in [1.165, 1.54) is 12.1 Å². The van der Waals surface area contributed by atoms with Gasteiger partial charge in [-0.15, -0.1) is 0 Å². The van der Waals surface area contributed by atoms with Crippen molar-refractivity contribution in [1.82, 2.24) is 5.43 Å². The highest BCUT2D eigenvalue weighted by molar-refractivity contribution is 7.92. The number of para-hydroxylation sites is 1. The van der Waals surface area contributed by atoms with Crippen molar-refractivity contribution in [3.05, 3.63) is 95.5 Å². The molecule has 0 spiro atoms. The van der Waals surface area contributed by atoms with Crippen LogP contribution in [-0.4, -0.2) is 26.6 Å². The van der Waals surface area contributed by atoms with Crippen molar-refractivity contribution in [3.63, 3.8) is 0 Å². The molecule has 0 radical (unpaired) electrons. The standard InChI is InChI=1S/C26H28ClN3O3S/c1-20(18-26(2,3)21-12-6-4-7-13-21)28-29-25(31)19-30(24-17-11-10-16-23(24)27)34(32,33)22-14-8-5-9-15-22/h4-17H,18-19H2,1-3H3,(H,29,31)/b28-20-. The average molecular weight is 498 g/mol. The number of hydrogen-bond acceptors (Lipinski definition) is 4. The summed E-state index contributed by atoms with van der Waals surface area (Å²) >= 11 is 6.29. The lowest BCUT2D eigenvalue weighted by Crippen LogP contribution is -2.40. The summed E-state index contributed by atoms with van der Waals surface area (Å²) in [6, 6.07) is 24.5. The zero-order valence-corrected chi connectivity index (χ0v) is 21.0. The number of carbonyl (C=O) groups is 1. The number of hydrogen-bond donors (Lipinski definition) is 1. The highest BCUT2D eigenvalue weighted by Crippen LogP contribution is 2.30. The van der Waals surface area contributed by atoms with Crippen molar-refractivity contribution in [3.8, 4) is 0 Å². The predicted octanol–water partition coefficient (Wildman–Crippen LogP) is 5.40. The summed E-state index contributed by atoms with van der Waals surface area (Å²) in [6.45, 7) is 5.57. The molecule has 0 saturated carbocycles. The number of carbonyl (C=O) groups excluding carboxylic acids is 1. The summed E-state index contributed by atoms with van der Waals surface area (Å²) in [7, 11) is -4.04. The highest BCUT2D eigenvalue weighted by Gasteiger charge is 2.28. The third-order valence-electron chi connectivity index (χ3n) is 5.36. The first-order valence-corrected chi connectivity index (χ1v) is 12.6. The monoisotopic (exact) mass is 497 g/mol. The molecule has 34 heavy (non-hydrogen) atoms. The molecule has 0 aliphatic heterocycles. The predicted molar refractivity (Wildman–Crippen MR) is 138 cm³/mol. The normalized spacial score (nSPS) is 12.3. The molecule has 0 aliphatic rings. The van der Waals surface area contributed by atoms with Gasteiger partial charge in [0.15, 0.2) is 0 Å². The summed E-state index contributed by atoms with van der Waals surface area (Å²) in [5, 5.41) is 4.44. The Labute approximate surface area is 206 Å². The molecule has 0 unspecified atom stereocenters. The summed E-state index contributed by atoms with van der Waals surface area (Å²) in [6.07, 6.45) is 0.619. The molecule has 6 nitrogen and oxygen atoms in total. The Morgan fingerprint density at radius 2 is 1.50 bits per heavy atom. The maximum atomic E-state index is 13.4. The lowest BCUT2D eigenvalue weighted by Gasteiger charge is -2.25. The Morgan fingerprint density at radius 1 is 0.941 bits per heavy atom. The molecule has 8 heteroatoms. The molecule has 0 saturated heterocycles. The maximum Gasteiger partial charge on any atom is 0.264 e. The van der Waals surface area contributed by atoms with Gasteiger partial charge in [0.25, 0.3) is 15.9 Å². The molecule has 0 bridgehead atoms. The van der Waals surface area contributed by atoms with Gasteiger partial charge in [0, 0.05) is 5.71 Å². The second kappa shape index (κ2) is 10.8. The van der Waals surface area contributed by atoms with E-state index in [1.54, 1.807) is 42.5 Å². The van der Waals surface area contributed by atoms with Crippen LogP contribution in [0.4, 0.5) is 5.69 Å². The van der Waals surface area contributed by atoms with Crippen molar-refractivity contribution < 1.29 is 13.2 Å². The van der Waals surface area contributed by atoms with Gasteiger partial charge >= 0.3 is 0 Å². The van der Waals surface area contributed by atoms with E-state index in [4.69, 9.17) is 11.6 Å². The number of anilines is 1. The first-order valence-electron chi connectivity index (χ1n) is 10.8. The van der Waals surface area contributed by atoms with Crippen LogP contribution in [0.3, 0.4) is 0 Å². The van der Waals surface area contributed by atoms with Crippen molar-refractivity contribution >= 4 is 38.9 Å². The van der Waals surface area contributed by atoms with Gasteiger partial charge in [0.1, 0.15) is 6.54 Å². The van der Waals surface area contributed by atoms with Gasteiger partial charge in [0.2, 0.25) is 0 Å². The number of benzene rings is 3. The second-order valence-corrected chi connectivity index (χ2v) is 10.9. The fourth-order valence-corrected chi connectivity index (χ4v) is 5.42. The summed E-state index contributed by atoms with van der Waals surface area (Å²) in [4.78, 5) is 12.9. The molecule has 3 rings (SSSR count). The van der Waals surface area contributed by atoms with Gasteiger partial charge in [-0.05, 0) is 48.6 Å². The van der Waals surface area contributed by atoms with Gasteiger partial charge in [-0.25, -0.2) is 13.8 Å². The van der Waals surface area contributed by atoms with Gasteiger partial charge < -0.3 is 0 Å². The Balaban J connectivity index is 1.79. The number of amides is 1. The zero-order valence-electron chi connectivity index (χ0n) is 19.4. The van der Waals surface area contributed by atoms with E-state index >= 15 is 0 Å². The van der Waals surface area contributed by atoms with E-state index in [1.807, 2.05) is 25.1 Å². The number of rotatable bonds is 9. The van der Waals surface area contributed by atoms with Gasteiger partial charge in [0.05, 0.1) is 15.6 Å². The molecule has 178 valence electrons. The first kappa shape index (κ1) is 25.5. The van der Waals surface area contributed by atoms with Crippen molar-refractivity contribution in [2.24, 2.45) is 5.10 Å². The lowest BCUT2D eigenvalue weighted by molar-refractivity contribution is -0.119. The van der Waals surface area contributed by atoms with Gasteiger partial charge in [-0.1, -0.05) is 86.1 Å². The summed E-state index contributed by atoms with van der Waals surface area (Å²) in [5.74, 6) is -0.573. The molecule has 0 aromatic heterocycles. The Kier molecular flexibility index (Phi) is 8.12. The molecule has 1 amide bonds. The number of nitrogens with one attached hydrogen (secondary N) is 1. The van der Waals surface area contributed by atoms with Crippen molar-refractivity contribution in [1.29, 1.82) is 0 Å². The lowest BCUT2D eigenvalue weighted by atomic mass is 9.80. The van der Waals surface area contributed by atoms with Crippen LogP contribution in [0.25, 0.3) is 0 Å². The van der Waals surface area contributed by atoms with E-state index in [2.05, 4.69) is 36.5 Å². The Morgan fingerprint density at radius 3 is 2.12 bits per heavy atom.